The molecule has 0 spiro atoms. The SMILES string of the molecule is Cc1ccc(S[C@@H]2O[C@H](COC(=O)c3ccccc3)[C@@H](F)[C@H](OC(=O)c3ccccc3)[C@H]2OC(=O)c2ccccc2)cc1. The Morgan fingerprint density at radius 3 is 1.65 bits per heavy atom. The highest BCUT2D eigenvalue weighted by molar-refractivity contribution is 7.99. The van der Waals surface area contributed by atoms with Crippen molar-refractivity contribution in [3.05, 3.63) is 138 Å². The van der Waals surface area contributed by atoms with E-state index in [0.29, 0.717) is 5.56 Å². The first-order chi connectivity index (χ1) is 20.9. The van der Waals surface area contributed by atoms with Crippen LogP contribution in [0.25, 0.3) is 0 Å². The summed E-state index contributed by atoms with van der Waals surface area (Å²) in [6.07, 6.45) is -6.24. The number of carbonyl (C=O) groups excluding carboxylic acids is 3. The van der Waals surface area contributed by atoms with Gasteiger partial charge in [-0.2, -0.15) is 0 Å². The monoisotopic (exact) mass is 600 g/mol. The summed E-state index contributed by atoms with van der Waals surface area (Å²) in [7, 11) is 0. The third-order valence-electron chi connectivity index (χ3n) is 6.74. The minimum Gasteiger partial charge on any atom is -0.459 e. The predicted molar refractivity (Wildman–Crippen MR) is 159 cm³/mol. The van der Waals surface area contributed by atoms with Crippen molar-refractivity contribution in [1.29, 1.82) is 0 Å². The van der Waals surface area contributed by atoms with Crippen LogP contribution in [0.5, 0.6) is 0 Å². The predicted octanol–water partition coefficient (Wildman–Crippen LogP) is 6.46. The van der Waals surface area contributed by atoms with Gasteiger partial charge in [-0.15, -0.1) is 0 Å². The van der Waals surface area contributed by atoms with Gasteiger partial charge in [0, 0.05) is 4.90 Å². The number of thioether (sulfide) groups is 1. The number of rotatable bonds is 9. The molecule has 5 rings (SSSR count). The Bertz CT molecular complexity index is 1520. The van der Waals surface area contributed by atoms with E-state index in [1.165, 1.54) is 23.9 Å². The molecule has 1 aliphatic rings. The van der Waals surface area contributed by atoms with E-state index in [4.69, 9.17) is 18.9 Å². The number of carbonyl (C=O) groups is 3. The molecule has 0 radical (unpaired) electrons. The second-order valence-electron chi connectivity index (χ2n) is 9.85. The normalized spacial score (nSPS) is 21.4. The Morgan fingerprint density at radius 1 is 0.674 bits per heavy atom. The number of aryl methyl sites for hydroxylation is 1. The number of alkyl halides is 1. The van der Waals surface area contributed by atoms with Crippen LogP contribution >= 0.6 is 11.8 Å². The number of esters is 3. The number of halogens is 1. The molecule has 1 heterocycles. The summed E-state index contributed by atoms with van der Waals surface area (Å²) >= 11 is 1.18. The standard InChI is InChI=1S/C34H29FO7S/c1-22-17-19-26(20-18-22)43-34-30(42-33(38)25-15-9-4-10-16-25)29(41-32(37)24-13-7-3-8-14-24)28(35)27(40-34)21-39-31(36)23-11-5-2-6-12-23/h2-20,27-30,34H,21H2,1H3/t27-,28-,29+,30-,34+/m1/s1. The fourth-order valence-corrected chi connectivity index (χ4v) is 5.56. The second-order valence-corrected chi connectivity index (χ2v) is 11.0. The minimum atomic E-state index is -2.00. The van der Waals surface area contributed by atoms with E-state index in [2.05, 4.69) is 0 Å². The van der Waals surface area contributed by atoms with Crippen LogP contribution in [0.4, 0.5) is 4.39 Å². The van der Waals surface area contributed by atoms with E-state index in [0.717, 1.165) is 10.5 Å². The van der Waals surface area contributed by atoms with Crippen molar-refractivity contribution in [3.8, 4) is 0 Å². The molecule has 0 saturated carbocycles. The van der Waals surface area contributed by atoms with Crippen LogP contribution in [0.3, 0.4) is 0 Å². The second kappa shape index (κ2) is 14.1. The molecule has 5 atom stereocenters. The molecule has 1 saturated heterocycles. The molecule has 9 heteroatoms. The van der Waals surface area contributed by atoms with Crippen LogP contribution < -0.4 is 0 Å². The highest BCUT2D eigenvalue weighted by atomic mass is 32.2. The molecule has 7 nitrogen and oxygen atoms in total. The molecule has 43 heavy (non-hydrogen) atoms. The lowest BCUT2D eigenvalue weighted by molar-refractivity contribution is -0.187. The fourth-order valence-electron chi connectivity index (χ4n) is 4.45. The molecule has 4 aromatic carbocycles. The zero-order chi connectivity index (χ0) is 30.2. The minimum absolute atomic E-state index is 0.198. The van der Waals surface area contributed by atoms with Gasteiger partial charge in [-0.25, -0.2) is 18.8 Å². The average molecular weight is 601 g/mol. The zero-order valence-electron chi connectivity index (χ0n) is 23.2. The Hall–Kier alpha value is -4.47. The lowest BCUT2D eigenvalue weighted by atomic mass is 10.0. The van der Waals surface area contributed by atoms with Crippen molar-refractivity contribution >= 4 is 29.7 Å². The van der Waals surface area contributed by atoms with Crippen molar-refractivity contribution in [2.45, 2.75) is 41.7 Å². The Kier molecular flexibility index (Phi) is 9.86. The lowest BCUT2D eigenvalue weighted by Crippen LogP contribution is -2.59. The maximum absolute atomic E-state index is 16.3. The van der Waals surface area contributed by atoms with Gasteiger partial charge >= 0.3 is 17.9 Å². The van der Waals surface area contributed by atoms with Gasteiger partial charge in [0.1, 0.15) is 18.1 Å². The highest BCUT2D eigenvalue weighted by Gasteiger charge is 2.51. The van der Waals surface area contributed by atoms with Gasteiger partial charge in [0.2, 0.25) is 0 Å². The first-order valence-corrected chi connectivity index (χ1v) is 14.5. The van der Waals surface area contributed by atoms with E-state index in [9.17, 15) is 14.4 Å². The van der Waals surface area contributed by atoms with Crippen LogP contribution in [0.15, 0.2) is 120 Å². The fraction of sp³-hybridized carbons (Fsp3) is 0.206. The molecule has 0 aromatic heterocycles. The Morgan fingerprint density at radius 2 is 1.14 bits per heavy atom. The van der Waals surface area contributed by atoms with Gasteiger partial charge in [0.15, 0.2) is 18.4 Å². The van der Waals surface area contributed by atoms with Gasteiger partial charge in [-0.1, -0.05) is 84.1 Å². The van der Waals surface area contributed by atoms with Gasteiger partial charge < -0.3 is 18.9 Å². The summed E-state index contributed by atoms with van der Waals surface area (Å²) in [5, 5.41) is 0. The molecule has 1 aliphatic heterocycles. The summed E-state index contributed by atoms with van der Waals surface area (Å²) in [5.74, 6) is -2.18. The van der Waals surface area contributed by atoms with Gasteiger partial charge in [-0.3, -0.25) is 0 Å². The third kappa shape index (κ3) is 7.68. The van der Waals surface area contributed by atoms with Crippen molar-refractivity contribution in [1.82, 2.24) is 0 Å². The van der Waals surface area contributed by atoms with E-state index in [-0.39, 0.29) is 11.1 Å². The summed E-state index contributed by atoms with van der Waals surface area (Å²) in [4.78, 5) is 39.8. The van der Waals surface area contributed by atoms with E-state index in [1.807, 2.05) is 31.2 Å². The molecule has 0 bridgehead atoms. The summed E-state index contributed by atoms with van der Waals surface area (Å²) in [5.41, 5.74) is 0.746. The van der Waals surface area contributed by atoms with E-state index in [1.54, 1.807) is 78.9 Å². The number of hydrogen-bond acceptors (Lipinski definition) is 8. The molecule has 0 N–H and O–H groups in total. The van der Waals surface area contributed by atoms with Crippen LogP contribution in [0, 0.1) is 6.92 Å². The molecular weight excluding hydrogens is 571 g/mol. The molecule has 4 aromatic rings. The van der Waals surface area contributed by atoms with Crippen LogP contribution in [0.1, 0.15) is 36.6 Å². The maximum Gasteiger partial charge on any atom is 0.338 e. The van der Waals surface area contributed by atoms with Crippen LogP contribution in [-0.2, 0) is 18.9 Å². The molecule has 0 amide bonds. The maximum atomic E-state index is 16.3. The Labute approximate surface area is 252 Å². The Balaban J connectivity index is 1.45. The van der Waals surface area contributed by atoms with Gasteiger partial charge in [-0.05, 0) is 55.5 Å². The van der Waals surface area contributed by atoms with Gasteiger partial charge in [0.25, 0.3) is 0 Å². The average Bonchev–Trinajstić information content (AvgIpc) is 3.05. The molecular formula is C34H29FO7S. The van der Waals surface area contributed by atoms with Crippen molar-refractivity contribution < 1.29 is 37.7 Å². The van der Waals surface area contributed by atoms with Crippen molar-refractivity contribution in [2.75, 3.05) is 6.61 Å². The number of ether oxygens (including phenoxy) is 4. The first kappa shape index (κ1) is 30.0. The van der Waals surface area contributed by atoms with Crippen molar-refractivity contribution in [3.63, 3.8) is 0 Å². The quantitative estimate of drug-likeness (QED) is 0.160. The van der Waals surface area contributed by atoms with E-state index < -0.39 is 54.4 Å². The van der Waals surface area contributed by atoms with E-state index >= 15 is 4.39 Å². The number of benzene rings is 4. The molecule has 0 aliphatic carbocycles. The molecule has 1 fully saturated rings. The summed E-state index contributed by atoms with van der Waals surface area (Å²) < 4.78 is 39.4. The topological polar surface area (TPSA) is 88.1 Å². The lowest BCUT2D eigenvalue weighted by Gasteiger charge is -2.42. The summed E-state index contributed by atoms with van der Waals surface area (Å²) in [6.45, 7) is 1.48. The summed E-state index contributed by atoms with van der Waals surface area (Å²) in [6, 6.07) is 32.2. The molecule has 0 unspecified atom stereocenters. The molecule has 220 valence electrons. The zero-order valence-corrected chi connectivity index (χ0v) is 24.0. The van der Waals surface area contributed by atoms with Gasteiger partial charge in [0.05, 0.1) is 16.7 Å². The largest absolute Gasteiger partial charge is 0.459 e. The smallest absolute Gasteiger partial charge is 0.338 e. The third-order valence-corrected chi connectivity index (χ3v) is 7.89. The van der Waals surface area contributed by atoms with Crippen LogP contribution in [0.2, 0.25) is 0 Å². The first-order valence-electron chi connectivity index (χ1n) is 13.7. The number of hydrogen-bond donors (Lipinski definition) is 0. The van der Waals surface area contributed by atoms with Crippen LogP contribution in [-0.4, -0.2) is 54.4 Å². The van der Waals surface area contributed by atoms with Crippen molar-refractivity contribution in [2.24, 2.45) is 0 Å². The highest BCUT2D eigenvalue weighted by Crippen LogP contribution is 2.38.